The molecular formula is C18H25F3NO5+. The number of esters is 1. The van der Waals surface area contributed by atoms with Gasteiger partial charge in [-0.25, -0.2) is 4.79 Å². The van der Waals surface area contributed by atoms with Crippen molar-refractivity contribution in [2.45, 2.75) is 50.8 Å². The minimum atomic E-state index is -4.42. The Morgan fingerprint density at radius 3 is 2.48 bits per heavy atom. The lowest BCUT2D eigenvalue weighted by Gasteiger charge is -2.30. The van der Waals surface area contributed by atoms with Crippen molar-refractivity contribution in [1.82, 2.24) is 0 Å². The lowest BCUT2D eigenvalue weighted by molar-refractivity contribution is -0.415. The Morgan fingerprint density at radius 1 is 1.22 bits per heavy atom. The fourth-order valence-corrected chi connectivity index (χ4v) is 2.63. The average Bonchev–Trinajstić information content (AvgIpc) is 2.64. The molecule has 0 spiro atoms. The van der Waals surface area contributed by atoms with Crippen molar-refractivity contribution >= 4 is 5.97 Å². The van der Waals surface area contributed by atoms with Crippen LogP contribution in [0.5, 0.6) is 5.75 Å². The zero-order chi connectivity index (χ0) is 20.0. The Balaban J connectivity index is 2.19. The minimum absolute atomic E-state index is 0.0545. The van der Waals surface area contributed by atoms with Crippen LogP contribution in [0.15, 0.2) is 24.3 Å². The fraction of sp³-hybridized carbons (Fsp3) is 0.611. The van der Waals surface area contributed by atoms with Gasteiger partial charge in [0.1, 0.15) is 24.6 Å². The first kappa shape index (κ1) is 21.5. The van der Waals surface area contributed by atoms with Crippen molar-refractivity contribution in [3.05, 3.63) is 29.8 Å². The van der Waals surface area contributed by atoms with Gasteiger partial charge in [-0.1, -0.05) is 6.92 Å². The summed E-state index contributed by atoms with van der Waals surface area (Å²) in [5, 5.41) is 0. The van der Waals surface area contributed by atoms with Crippen LogP contribution in [0.1, 0.15) is 25.8 Å². The predicted octanol–water partition coefficient (Wildman–Crippen LogP) is 1.82. The van der Waals surface area contributed by atoms with Gasteiger partial charge in [0, 0.05) is 6.61 Å². The number of benzene rings is 1. The van der Waals surface area contributed by atoms with Crippen molar-refractivity contribution in [3.8, 4) is 5.75 Å². The van der Waals surface area contributed by atoms with Crippen molar-refractivity contribution in [2.75, 3.05) is 19.8 Å². The predicted molar refractivity (Wildman–Crippen MR) is 88.9 cm³/mol. The second-order valence-electron chi connectivity index (χ2n) is 6.39. The number of ether oxygens (including phenoxy) is 4. The lowest BCUT2D eigenvalue weighted by Crippen LogP contribution is -2.67. The number of cyclic esters (lactones) is 1. The maximum Gasteiger partial charge on any atom is 0.416 e. The summed E-state index contributed by atoms with van der Waals surface area (Å²) in [6.07, 6.45) is -5.61. The molecule has 1 fully saturated rings. The maximum absolute atomic E-state index is 12.7. The average molecular weight is 392 g/mol. The molecule has 0 aromatic heterocycles. The third-order valence-electron chi connectivity index (χ3n) is 4.05. The van der Waals surface area contributed by atoms with Gasteiger partial charge in [0.05, 0.1) is 12.2 Å². The summed E-state index contributed by atoms with van der Waals surface area (Å²) in [5.41, 5.74) is 2.94. The lowest BCUT2D eigenvalue weighted by atomic mass is 10.1. The van der Waals surface area contributed by atoms with Crippen LogP contribution in [0.4, 0.5) is 13.2 Å². The number of hydrogen-bond acceptors (Lipinski definition) is 5. The van der Waals surface area contributed by atoms with Crippen LogP contribution in [0, 0.1) is 0 Å². The molecule has 27 heavy (non-hydrogen) atoms. The maximum atomic E-state index is 12.7. The zero-order valence-electron chi connectivity index (χ0n) is 15.3. The number of carbonyl (C=O) groups excluding carboxylic acids is 1. The Morgan fingerprint density at radius 2 is 1.89 bits per heavy atom. The highest BCUT2D eigenvalue weighted by molar-refractivity contribution is 5.74. The van der Waals surface area contributed by atoms with E-state index >= 15 is 0 Å². The van der Waals surface area contributed by atoms with Gasteiger partial charge in [-0.15, -0.1) is 0 Å². The van der Waals surface area contributed by atoms with Crippen molar-refractivity contribution in [1.29, 1.82) is 0 Å². The molecule has 0 aliphatic carbocycles. The highest BCUT2D eigenvalue weighted by Crippen LogP contribution is 2.30. The zero-order valence-corrected chi connectivity index (χ0v) is 15.3. The summed E-state index contributed by atoms with van der Waals surface area (Å²) in [4.78, 5) is 12.0. The first-order valence-corrected chi connectivity index (χ1v) is 8.79. The molecule has 1 aliphatic rings. The molecule has 6 nitrogen and oxygen atoms in total. The molecule has 9 heteroatoms. The molecule has 0 unspecified atom stereocenters. The van der Waals surface area contributed by atoms with Gasteiger partial charge in [0.15, 0.2) is 6.10 Å². The van der Waals surface area contributed by atoms with E-state index in [-0.39, 0.29) is 19.0 Å². The van der Waals surface area contributed by atoms with Crippen molar-refractivity contribution in [2.24, 2.45) is 0 Å². The Hall–Kier alpha value is -1.84. The van der Waals surface area contributed by atoms with Crippen LogP contribution in [-0.2, 0) is 25.2 Å². The Bertz CT molecular complexity index is 608. The van der Waals surface area contributed by atoms with E-state index in [0.29, 0.717) is 6.61 Å². The van der Waals surface area contributed by atoms with Gasteiger partial charge in [0.25, 0.3) is 0 Å². The van der Waals surface area contributed by atoms with Crippen LogP contribution < -0.4 is 10.5 Å². The van der Waals surface area contributed by atoms with E-state index < -0.39 is 42.1 Å². The molecule has 1 saturated heterocycles. The summed E-state index contributed by atoms with van der Waals surface area (Å²) in [5.74, 6) is -0.256. The van der Waals surface area contributed by atoms with Gasteiger partial charge in [0.2, 0.25) is 6.04 Å². The van der Waals surface area contributed by atoms with Gasteiger partial charge < -0.3 is 24.7 Å². The molecule has 3 N–H and O–H groups in total. The molecule has 152 valence electrons. The smallest absolute Gasteiger partial charge is 0.416 e. The molecule has 0 amide bonds. The molecule has 2 rings (SSSR count). The summed E-state index contributed by atoms with van der Waals surface area (Å²) in [7, 11) is 0. The number of quaternary nitrogens is 1. The summed E-state index contributed by atoms with van der Waals surface area (Å²) < 4.78 is 60.7. The molecule has 1 aliphatic heterocycles. The van der Waals surface area contributed by atoms with Crippen LogP contribution in [0.2, 0.25) is 0 Å². The van der Waals surface area contributed by atoms with Crippen molar-refractivity contribution in [3.63, 3.8) is 0 Å². The monoisotopic (exact) mass is 392 g/mol. The molecule has 4 atom stereocenters. The molecule has 1 heterocycles. The quantitative estimate of drug-likeness (QED) is 0.773. The van der Waals surface area contributed by atoms with E-state index in [1.54, 1.807) is 6.92 Å². The molecule has 1 aromatic rings. The number of hydrogen-bond donors (Lipinski definition) is 1. The summed E-state index contributed by atoms with van der Waals surface area (Å²) in [6.45, 7) is 4.16. The first-order valence-electron chi connectivity index (χ1n) is 8.79. The number of carbonyl (C=O) groups is 1. The molecule has 1 aromatic carbocycles. The molecule has 0 saturated carbocycles. The normalized spacial score (nSPS) is 27.3. The third kappa shape index (κ3) is 6.08. The molecule has 0 bridgehead atoms. The fourth-order valence-electron chi connectivity index (χ4n) is 2.63. The van der Waals surface area contributed by atoms with Crippen LogP contribution >= 0.6 is 0 Å². The van der Waals surface area contributed by atoms with E-state index in [1.165, 1.54) is 12.1 Å². The van der Waals surface area contributed by atoms with Gasteiger partial charge >= 0.3 is 12.1 Å². The summed E-state index contributed by atoms with van der Waals surface area (Å²) >= 11 is 0. The highest BCUT2D eigenvalue weighted by Gasteiger charge is 2.36. The number of rotatable bonds is 5. The van der Waals surface area contributed by atoms with Crippen molar-refractivity contribution < 1.29 is 42.6 Å². The SMILES string of the molecule is CCCO[C@H]1[C@H](C)OC(=O)[C@@H]([NH3+])COC[C@@H]1Oc1ccc(C(F)(F)F)cc1. The second-order valence-corrected chi connectivity index (χ2v) is 6.39. The molecule has 0 radical (unpaired) electrons. The molecular weight excluding hydrogens is 367 g/mol. The van der Waals surface area contributed by atoms with E-state index in [0.717, 1.165) is 18.6 Å². The largest absolute Gasteiger partial charge is 0.485 e. The highest BCUT2D eigenvalue weighted by atomic mass is 19.4. The summed E-state index contributed by atoms with van der Waals surface area (Å²) in [6, 6.07) is 3.70. The van der Waals surface area contributed by atoms with Gasteiger partial charge in [-0.3, -0.25) is 0 Å². The van der Waals surface area contributed by atoms with Crippen LogP contribution in [-0.4, -0.2) is 50.1 Å². The first-order chi connectivity index (χ1) is 12.7. The van der Waals surface area contributed by atoms with Crippen LogP contribution in [0.25, 0.3) is 0 Å². The van der Waals surface area contributed by atoms with Gasteiger partial charge in [-0.05, 0) is 37.6 Å². The van der Waals surface area contributed by atoms with E-state index in [2.05, 4.69) is 5.73 Å². The topological polar surface area (TPSA) is 81.6 Å². The van der Waals surface area contributed by atoms with E-state index in [4.69, 9.17) is 18.9 Å². The minimum Gasteiger partial charge on any atom is -0.485 e. The second kappa shape index (κ2) is 9.38. The van der Waals surface area contributed by atoms with Gasteiger partial charge in [-0.2, -0.15) is 13.2 Å². The number of halogens is 3. The third-order valence-corrected chi connectivity index (χ3v) is 4.05. The Kier molecular flexibility index (Phi) is 7.46. The van der Waals surface area contributed by atoms with Crippen LogP contribution in [0.3, 0.4) is 0 Å². The number of alkyl halides is 3. The van der Waals surface area contributed by atoms with E-state index in [9.17, 15) is 18.0 Å². The Labute approximate surface area is 155 Å². The van der Waals surface area contributed by atoms with E-state index in [1.807, 2.05) is 6.92 Å². The standard InChI is InChI=1S/C18H24F3NO5/c1-3-8-25-16-11(2)26-17(23)14(22)9-24-10-15(16)27-13-6-4-12(5-7-13)18(19,20)21/h4-7,11,14-16H,3,8-10,22H2,1-2H3/p+1/t11-,14-,15-,16-/m0/s1.